The molecule has 2 nitrogen and oxygen atoms in total. The summed E-state index contributed by atoms with van der Waals surface area (Å²) in [5, 5.41) is 0. The van der Waals surface area contributed by atoms with Crippen molar-refractivity contribution in [3.63, 3.8) is 0 Å². The normalized spacial score (nSPS) is 9.73. The van der Waals surface area contributed by atoms with E-state index in [1.165, 1.54) is 5.56 Å². The number of nitrogens with zero attached hydrogens (tertiary/aromatic N) is 1. The van der Waals surface area contributed by atoms with Crippen LogP contribution in [0, 0.1) is 0 Å². The van der Waals surface area contributed by atoms with E-state index >= 15 is 0 Å². The highest BCUT2D eigenvalue weighted by atomic mass is 16.5. The van der Waals surface area contributed by atoms with Crippen LogP contribution in [-0.2, 0) is 11.2 Å². The maximum absolute atomic E-state index is 5.13. The number of aryl methyl sites for hydroxylation is 1. The van der Waals surface area contributed by atoms with E-state index in [-0.39, 0.29) is 0 Å². The van der Waals surface area contributed by atoms with E-state index in [9.17, 15) is 0 Å². The highest BCUT2D eigenvalue weighted by molar-refractivity contribution is 5.73. The van der Waals surface area contributed by atoms with E-state index in [0.29, 0.717) is 5.76 Å². The highest BCUT2D eigenvalue weighted by Crippen LogP contribution is 2.30. The van der Waals surface area contributed by atoms with Crippen molar-refractivity contribution < 1.29 is 4.74 Å². The van der Waals surface area contributed by atoms with E-state index in [4.69, 9.17) is 4.74 Å². The summed E-state index contributed by atoms with van der Waals surface area (Å²) < 4.78 is 5.13. The summed E-state index contributed by atoms with van der Waals surface area (Å²) in [7, 11) is 1.61. The molecule has 1 aromatic rings. The Kier molecular flexibility index (Phi) is 4.10. The first kappa shape index (κ1) is 11.5. The van der Waals surface area contributed by atoms with Crippen LogP contribution < -0.4 is 0 Å². The average molecular weight is 203 g/mol. The zero-order chi connectivity index (χ0) is 11.3. The average Bonchev–Trinajstić information content (AvgIpc) is 2.28. The van der Waals surface area contributed by atoms with Gasteiger partial charge in [-0.15, -0.1) is 0 Å². The van der Waals surface area contributed by atoms with Gasteiger partial charge in [0.25, 0.3) is 0 Å². The molecular formula is C13H17NO. The molecule has 0 aliphatic rings. The Morgan fingerprint density at radius 3 is 2.73 bits per heavy atom. The molecule has 0 saturated carbocycles. The first-order chi connectivity index (χ1) is 7.24. The van der Waals surface area contributed by atoms with E-state index in [0.717, 1.165) is 24.1 Å². The number of rotatable bonds is 5. The zero-order valence-electron chi connectivity index (χ0n) is 9.42. The fourth-order valence-corrected chi connectivity index (χ4v) is 1.58. The molecule has 0 amide bonds. The summed E-state index contributed by atoms with van der Waals surface area (Å²) >= 11 is 0. The molecule has 0 unspecified atom stereocenters. The molecule has 0 saturated heterocycles. The second-order valence-electron chi connectivity index (χ2n) is 3.35. The summed E-state index contributed by atoms with van der Waals surface area (Å²) in [6.07, 6.45) is 2.09. The number of benzene rings is 1. The second kappa shape index (κ2) is 5.35. The summed E-state index contributed by atoms with van der Waals surface area (Å²) in [5.41, 5.74) is 3.02. The Morgan fingerprint density at radius 1 is 1.47 bits per heavy atom. The third-order valence-corrected chi connectivity index (χ3v) is 2.34. The minimum absolute atomic E-state index is 0.635. The van der Waals surface area contributed by atoms with Crippen LogP contribution in [0.5, 0.6) is 0 Å². The Morgan fingerprint density at radius 2 is 2.20 bits per heavy atom. The van der Waals surface area contributed by atoms with Crippen LogP contribution in [0.25, 0.3) is 5.76 Å². The summed E-state index contributed by atoms with van der Waals surface area (Å²) in [6, 6.07) is 6.02. The first-order valence-electron chi connectivity index (χ1n) is 5.06. The number of ether oxygens (including phenoxy) is 1. The van der Waals surface area contributed by atoms with Crippen molar-refractivity contribution in [1.82, 2.24) is 0 Å². The Labute approximate surface area is 91.3 Å². The SMILES string of the molecule is C=Nc1c(CCC)cccc1C(=C)OC. The highest BCUT2D eigenvalue weighted by Gasteiger charge is 2.08. The molecule has 1 rings (SSSR count). The smallest absolute Gasteiger partial charge is 0.121 e. The van der Waals surface area contributed by atoms with Crippen LogP contribution in [0.1, 0.15) is 24.5 Å². The number of aliphatic imine (C=N–C) groups is 1. The molecule has 0 spiro atoms. The van der Waals surface area contributed by atoms with Gasteiger partial charge in [0.05, 0.1) is 12.8 Å². The van der Waals surface area contributed by atoms with Crippen molar-refractivity contribution in [2.24, 2.45) is 4.99 Å². The molecule has 0 aliphatic carbocycles. The molecule has 0 aliphatic heterocycles. The number of methoxy groups -OCH3 is 1. The molecule has 80 valence electrons. The Balaban J connectivity index is 3.21. The second-order valence-corrected chi connectivity index (χ2v) is 3.35. The van der Waals surface area contributed by atoms with Gasteiger partial charge in [-0.3, -0.25) is 4.99 Å². The van der Waals surface area contributed by atoms with Crippen LogP contribution in [0.15, 0.2) is 29.8 Å². The quantitative estimate of drug-likeness (QED) is 0.529. The first-order valence-corrected chi connectivity index (χ1v) is 5.06. The summed E-state index contributed by atoms with van der Waals surface area (Å²) in [5.74, 6) is 0.635. The minimum Gasteiger partial charge on any atom is -0.497 e. The topological polar surface area (TPSA) is 21.6 Å². The van der Waals surface area contributed by atoms with Gasteiger partial charge in [-0.25, -0.2) is 0 Å². The van der Waals surface area contributed by atoms with Crippen molar-refractivity contribution in [2.45, 2.75) is 19.8 Å². The molecule has 0 atom stereocenters. The third-order valence-electron chi connectivity index (χ3n) is 2.34. The molecule has 0 fully saturated rings. The van der Waals surface area contributed by atoms with Gasteiger partial charge in [-0.1, -0.05) is 32.1 Å². The summed E-state index contributed by atoms with van der Waals surface area (Å²) in [6.45, 7) is 9.59. The van der Waals surface area contributed by atoms with Gasteiger partial charge in [0.1, 0.15) is 5.76 Å². The standard InChI is InChI=1S/C13H17NO/c1-5-7-11-8-6-9-12(10(2)15-4)13(11)14-3/h6,8-9H,2-3,5,7H2,1,4H3. The fraction of sp³-hybridized carbons (Fsp3) is 0.308. The lowest BCUT2D eigenvalue weighted by molar-refractivity contribution is 0.371. The summed E-state index contributed by atoms with van der Waals surface area (Å²) in [4.78, 5) is 4.07. The molecular weight excluding hydrogens is 186 g/mol. The predicted molar refractivity (Wildman–Crippen MR) is 65.7 cm³/mol. The van der Waals surface area contributed by atoms with Crippen LogP contribution in [0.3, 0.4) is 0 Å². The minimum atomic E-state index is 0.635. The van der Waals surface area contributed by atoms with E-state index < -0.39 is 0 Å². The lowest BCUT2D eigenvalue weighted by atomic mass is 10.0. The van der Waals surface area contributed by atoms with Gasteiger partial charge >= 0.3 is 0 Å². The molecule has 2 heteroatoms. The maximum Gasteiger partial charge on any atom is 0.121 e. The fourth-order valence-electron chi connectivity index (χ4n) is 1.58. The molecule has 0 radical (unpaired) electrons. The largest absolute Gasteiger partial charge is 0.497 e. The Bertz CT molecular complexity index is 369. The Hall–Kier alpha value is -1.57. The third kappa shape index (κ3) is 2.46. The van der Waals surface area contributed by atoms with Crippen LogP contribution in [0.4, 0.5) is 5.69 Å². The molecule has 0 heterocycles. The molecule has 15 heavy (non-hydrogen) atoms. The van der Waals surface area contributed by atoms with Gasteiger partial charge in [-0.05, 0) is 24.8 Å². The van der Waals surface area contributed by atoms with Gasteiger partial charge < -0.3 is 4.74 Å². The van der Waals surface area contributed by atoms with Gasteiger partial charge in [0, 0.05) is 5.56 Å². The lowest BCUT2D eigenvalue weighted by Gasteiger charge is -2.11. The monoisotopic (exact) mass is 203 g/mol. The molecule has 0 N–H and O–H groups in total. The molecule has 0 aromatic heterocycles. The number of para-hydroxylation sites is 1. The van der Waals surface area contributed by atoms with Gasteiger partial charge in [-0.2, -0.15) is 0 Å². The lowest BCUT2D eigenvalue weighted by Crippen LogP contribution is -1.91. The van der Waals surface area contributed by atoms with Crippen molar-refractivity contribution in [3.8, 4) is 0 Å². The van der Waals surface area contributed by atoms with Crippen molar-refractivity contribution >= 4 is 18.2 Å². The predicted octanol–water partition coefficient (Wildman–Crippen LogP) is 3.59. The zero-order valence-corrected chi connectivity index (χ0v) is 9.42. The van der Waals surface area contributed by atoms with Crippen LogP contribution in [0.2, 0.25) is 0 Å². The molecule has 1 aromatic carbocycles. The van der Waals surface area contributed by atoms with Crippen molar-refractivity contribution in [1.29, 1.82) is 0 Å². The van der Waals surface area contributed by atoms with Crippen molar-refractivity contribution in [2.75, 3.05) is 7.11 Å². The van der Waals surface area contributed by atoms with Gasteiger partial charge in [0.15, 0.2) is 0 Å². The number of hydrogen-bond acceptors (Lipinski definition) is 2. The van der Waals surface area contributed by atoms with E-state index in [1.807, 2.05) is 12.1 Å². The van der Waals surface area contributed by atoms with E-state index in [2.05, 4.69) is 31.3 Å². The van der Waals surface area contributed by atoms with Crippen LogP contribution in [-0.4, -0.2) is 13.8 Å². The van der Waals surface area contributed by atoms with Crippen molar-refractivity contribution in [3.05, 3.63) is 35.9 Å². The van der Waals surface area contributed by atoms with Gasteiger partial charge in [0.2, 0.25) is 0 Å². The number of hydrogen-bond donors (Lipinski definition) is 0. The van der Waals surface area contributed by atoms with Crippen LogP contribution >= 0.6 is 0 Å². The molecule has 0 bridgehead atoms. The van der Waals surface area contributed by atoms with E-state index in [1.54, 1.807) is 7.11 Å². The maximum atomic E-state index is 5.13.